The summed E-state index contributed by atoms with van der Waals surface area (Å²) >= 11 is 1.66. The van der Waals surface area contributed by atoms with Gasteiger partial charge in [-0.25, -0.2) is 0 Å². The van der Waals surface area contributed by atoms with Crippen LogP contribution in [-0.2, 0) is 12.0 Å². The molecule has 0 amide bonds. The van der Waals surface area contributed by atoms with Gasteiger partial charge in [0.2, 0.25) is 0 Å². The molecular formula is C14H18N2S. The Morgan fingerprint density at radius 2 is 2.06 bits per heavy atom. The fraction of sp³-hybridized carbons (Fsp3) is 0.357. The first-order chi connectivity index (χ1) is 7.99. The Balaban J connectivity index is 2.27. The predicted octanol–water partition coefficient (Wildman–Crippen LogP) is 3.18. The highest BCUT2D eigenvalue weighted by Gasteiger charge is 2.22. The molecule has 0 saturated carbocycles. The molecule has 3 heteroatoms. The van der Waals surface area contributed by atoms with Crippen molar-refractivity contribution in [1.82, 2.24) is 4.98 Å². The van der Waals surface area contributed by atoms with E-state index in [0.717, 1.165) is 6.42 Å². The number of nitrogens with zero attached hydrogens (tertiary/aromatic N) is 1. The van der Waals surface area contributed by atoms with Crippen LogP contribution in [0.15, 0.2) is 29.9 Å². The highest BCUT2D eigenvalue weighted by Crippen LogP contribution is 2.25. The predicted molar refractivity (Wildman–Crippen MR) is 73.3 cm³/mol. The number of aromatic nitrogens is 1. The maximum atomic E-state index is 6.43. The summed E-state index contributed by atoms with van der Waals surface area (Å²) in [7, 11) is 0. The second kappa shape index (κ2) is 4.59. The lowest BCUT2D eigenvalue weighted by atomic mass is 9.87. The van der Waals surface area contributed by atoms with Crippen molar-refractivity contribution >= 4 is 11.3 Å². The first-order valence-electron chi connectivity index (χ1n) is 5.73. The van der Waals surface area contributed by atoms with Crippen LogP contribution in [0.3, 0.4) is 0 Å². The fourth-order valence-electron chi connectivity index (χ4n) is 1.89. The van der Waals surface area contributed by atoms with Crippen molar-refractivity contribution in [3.8, 4) is 0 Å². The second-order valence-electron chi connectivity index (χ2n) is 4.86. The summed E-state index contributed by atoms with van der Waals surface area (Å²) in [5, 5.41) is 0. The lowest BCUT2D eigenvalue weighted by molar-refractivity contribution is 0.494. The SMILES string of the molecule is Cc1ccc(C(C)(N)Cc2cncs2)cc1C. The summed E-state index contributed by atoms with van der Waals surface area (Å²) in [5.41, 5.74) is 11.7. The molecule has 1 atom stereocenters. The van der Waals surface area contributed by atoms with Gasteiger partial charge in [0.1, 0.15) is 0 Å². The van der Waals surface area contributed by atoms with Gasteiger partial charge in [-0.3, -0.25) is 4.98 Å². The van der Waals surface area contributed by atoms with Crippen LogP contribution in [0, 0.1) is 13.8 Å². The molecule has 0 aliphatic heterocycles. The molecule has 90 valence electrons. The van der Waals surface area contributed by atoms with Crippen molar-refractivity contribution in [1.29, 1.82) is 0 Å². The number of hydrogen-bond acceptors (Lipinski definition) is 3. The normalized spacial score (nSPS) is 14.6. The van der Waals surface area contributed by atoms with E-state index in [2.05, 4.69) is 44.0 Å². The van der Waals surface area contributed by atoms with E-state index in [1.807, 2.05) is 11.7 Å². The molecule has 2 nitrogen and oxygen atoms in total. The third-order valence-electron chi connectivity index (χ3n) is 3.19. The van der Waals surface area contributed by atoms with Gasteiger partial charge in [-0.05, 0) is 37.5 Å². The van der Waals surface area contributed by atoms with Crippen LogP contribution in [0.2, 0.25) is 0 Å². The molecule has 1 aromatic carbocycles. The van der Waals surface area contributed by atoms with E-state index >= 15 is 0 Å². The third kappa shape index (κ3) is 2.73. The third-order valence-corrected chi connectivity index (χ3v) is 3.97. The zero-order valence-corrected chi connectivity index (χ0v) is 11.3. The zero-order valence-electron chi connectivity index (χ0n) is 10.5. The number of rotatable bonds is 3. The number of hydrogen-bond donors (Lipinski definition) is 1. The molecular weight excluding hydrogens is 228 g/mol. The molecule has 2 aromatic rings. The second-order valence-corrected chi connectivity index (χ2v) is 5.83. The van der Waals surface area contributed by atoms with E-state index in [-0.39, 0.29) is 5.54 Å². The van der Waals surface area contributed by atoms with E-state index < -0.39 is 0 Å². The number of benzene rings is 1. The molecule has 1 heterocycles. The topological polar surface area (TPSA) is 38.9 Å². The number of aryl methyl sites for hydroxylation is 2. The molecule has 0 radical (unpaired) electrons. The largest absolute Gasteiger partial charge is 0.321 e. The number of nitrogens with two attached hydrogens (primary N) is 1. The molecule has 0 spiro atoms. The average Bonchev–Trinajstić information content (AvgIpc) is 2.73. The summed E-state index contributed by atoms with van der Waals surface area (Å²) < 4.78 is 0. The fourth-order valence-corrected chi connectivity index (χ4v) is 2.65. The Hall–Kier alpha value is -1.19. The lowest BCUT2D eigenvalue weighted by Gasteiger charge is -2.25. The molecule has 0 saturated heterocycles. The Bertz CT molecular complexity index is 501. The molecule has 0 aliphatic carbocycles. The van der Waals surface area contributed by atoms with Gasteiger partial charge in [0, 0.05) is 23.0 Å². The number of thiazole rings is 1. The molecule has 0 fully saturated rings. The van der Waals surface area contributed by atoms with Gasteiger partial charge >= 0.3 is 0 Å². The van der Waals surface area contributed by atoms with Gasteiger partial charge in [-0.1, -0.05) is 18.2 Å². The molecule has 17 heavy (non-hydrogen) atoms. The van der Waals surface area contributed by atoms with Crippen molar-refractivity contribution in [2.75, 3.05) is 0 Å². The Kier molecular flexibility index (Phi) is 3.31. The van der Waals surface area contributed by atoms with Crippen LogP contribution in [0.1, 0.15) is 28.5 Å². The van der Waals surface area contributed by atoms with Gasteiger partial charge in [-0.2, -0.15) is 0 Å². The van der Waals surface area contributed by atoms with Crippen LogP contribution < -0.4 is 5.73 Å². The maximum absolute atomic E-state index is 6.43. The molecule has 1 aromatic heterocycles. The highest BCUT2D eigenvalue weighted by atomic mass is 32.1. The molecule has 0 bridgehead atoms. The average molecular weight is 246 g/mol. The molecule has 2 N–H and O–H groups in total. The molecule has 2 rings (SSSR count). The summed E-state index contributed by atoms with van der Waals surface area (Å²) in [4.78, 5) is 5.32. The quantitative estimate of drug-likeness (QED) is 0.903. The lowest BCUT2D eigenvalue weighted by Crippen LogP contribution is -2.35. The molecule has 0 aliphatic rings. The van der Waals surface area contributed by atoms with Crippen LogP contribution in [0.5, 0.6) is 0 Å². The van der Waals surface area contributed by atoms with Crippen molar-refractivity contribution in [2.45, 2.75) is 32.7 Å². The van der Waals surface area contributed by atoms with Crippen molar-refractivity contribution in [2.24, 2.45) is 5.73 Å². The van der Waals surface area contributed by atoms with Gasteiger partial charge < -0.3 is 5.73 Å². The Morgan fingerprint density at radius 1 is 1.29 bits per heavy atom. The molecule has 1 unspecified atom stereocenters. The van der Waals surface area contributed by atoms with Crippen molar-refractivity contribution in [3.63, 3.8) is 0 Å². The van der Waals surface area contributed by atoms with Gasteiger partial charge in [-0.15, -0.1) is 11.3 Å². The van der Waals surface area contributed by atoms with Crippen LogP contribution >= 0.6 is 11.3 Å². The first kappa shape index (κ1) is 12.3. The van der Waals surface area contributed by atoms with Crippen LogP contribution in [-0.4, -0.2) is 4.98 Å². The van der Waals surface area contributed by atoms with E-state index in [4.69, 9.17) is 5.73 Å². The summed E-state index contributed by atoms with van der Waals surface area (Å²) in [6.45, 7) is 6.33. The zero-order chi connectivity index (χ0) is 12.5. The smallest absolute Gasteiger partial charge is 0.0794 e. The van der Waals surface area contributed by atoms with Gasteiger partial charge in [0.25, 0.3) is 0 Å². The summed E-state index contributed by atoms with van der Waals surface area (Å²) in [6.07, 6.45) is 2.73. The van der Waals surface area contributed by atoms with Crippen molar-refractivity contribution < 1.29 is 0 Å². The summed E-state index contributed by atoms with van der Waals surface area (Å²) in [6, 6.07) is 6.46. The monoisotopic (exact) mass is 246 g/mol. The maximum Gasteiger partial charge on any atom is 0.0794 e. The summed E-state index contributed by atoms with van der Waals surface area (Å²) in [5.74, 6) is 0. The first-order valence-corrected chi connectivity index (χ1v) is 6.61. The minimum atomic E-state index is -0.328. The van der Waals surface area contributed by atoms with Crippen molar-refractivity contribution in [3.05, 3.63) is 51.5 Å². The standard InChI is InChI=1S/C14H18N2S/c1-10-4-5-12(6-11(10)2)14(3,15)7-13-8-16-9-17-13/h4-6,8-9H,7,15H2,1-3H3. The van der Waals surface area contributed by atoms with E-state index in [1.54, 1.807) is 11.3 Å². The van der Waals surface area contributed by atoms with Crippen LogP contribution in [0.25, 0.3) is 0 Å². The van der Waals surface area contributed by atoms with Gasteiger partial charge in [0.05, 0.1) is 5.51 Å². The minimum Gasteiger partial charge on any atom is -0.321 e. The van der Waals surface area contributed by atoms with Crippen LogP contribution in [0.4, 0.5) is 0 Å². The highest BCUT2D eigenvalue weighted by molar-refractivity contribution is 7.09. The Labute approximate surface area is 107 Å². The van der Waals surface area contributed by atoms with Gasteiger partial charge in [0.15, 0.2) is 0 Å². The van der Waals surface area contributed by atoms with E-state index in [1.165, 1.54) is 21.6 Å². The Morgan fingerprint density at radius 3 is 2.65 bits per heavy atom. The van der Waals surface area contributed by atoms with E-state index in [0.29, 0.717) is 0 Å². The minimum absolute atomic E-state index is 0.328. The van der Waals surface area contributed by atoms with E-state index in [9.17, 15) is 0 Å².